The third-order valence-corrected chi connectivity index (χ3v) is 9.47. The van der Waals surface area contributed by atoms with Crippen molar-refractivity contribution < 1.29 is 28.2 Å². The summed E-state index contributed by atoms with van der Waals surface area (Å²) in [5, 5.41) is 20.8. The SMILES string of the molecule is Cc1cc(COc2ccc(S(=O)(=O)N(C)[C@]3(C)CCC[C@]3(CO)C(=O)O)cc2)c2ccccc2n1. The van der Waals surface area contributed by atoms with Crippen molar-refractivity contribution in [3.63, 3.8) is 0 Å². The average Bonchev–Trinajstić information content (AvgIpc) is 3.20. The average molecular weight is 499 g/mol. The molecule has 2 N–H and O–H groups in total. The van der Waals surface area contributed by atoms with Crippen LogP contribution >= 0.6 is 0 Å². The first-order valence-corrected chi connectivity index (χ1v) is 12.9. The second kappa shape index (κ2) is 9.22. The zero-order chi connectivity index (χ0) is 25.4. The van der Waals surface area contributed by atoms with Crippen LogP contribution in [0.5, 0.6) is 5.75 Å². The van der Waals surface area contributed by atoms with E-state index in [2.05, 4.69) is 4.98 Å². The molecule has 3 aromatic rings. The van der Waals surface area contributed by atoms with E-state index in [9.17, 15) is 23.4 Å². The van der Waals surface area contributed by atoms with E-state index < -0.39 is 33.6 Å². The van der Waals surface area contributed by atoms with Crippen LogP contribution in [-0.4, -0.2) is 53.1 Å². The number of carbonyl (C=O) groups is 1. The lowest BCUT2D eigenvalue weighted by atomic mass is 9.73. The molecule has 0 aliphatic heterocycles. The molecule has 4 rings (SSSR count). The zero-order valence-corrected chi connectivity index (χ0v) is 20.9. The van der Waals surface area contributed by atoms with E-state index in [0.29, 0.717) is 25.2 Å². The summed E-state index contributed by atoms with van der Waals surface area (Å²) in [6.07, 6.45) is 1.07. The molecule has 1 saturated carbocycles. The van der Waals surface area contributed by atoms with Gasteiger partial charge in [-0.15, -0.1) is 0 Å². The maximum absolute atomic E-state index is 13.4. The predicted molar refractivity (Wildman–Crippen MR) is 132 cm³/mol. The van der Waals surface area contributed by atoms with Gasteiger partial charge in [0.25, 0.3) is 0 Å². The largest absolute Gasteiger partial charge is 0.489 e. The van der Waals surface area contributed by atoms with Gasteiger partial charge in [0.05, 0.1) is 22.6 Å². The molecule has 8 nitrogen and oxygen atoms in total. The van der Waals surface area contributed by atoms with Gasteiger partial charge < -0.3 is 14.9 Å². The maximum atomic E-state index is 13.4. The monoisotopic (exact) mass is 498 g/mol. The van der Waals surface area contributed by atoms with Crippen molar-refractivity contribution in [1.82, 2.24) is 9.29 Å². The van der Waals surface area contributed by atoms with Crippen LogP contribution < -0.4 is 4.74 Å². The molecule has 1 aliphatic carbocycles. The normalized spacial score (nSPS) is 22.5. The maximum Gasteiger partial charge on any atom is 0.313 e. The van der Waals surface area contributed by atoms with Crippen molar-refractivity contribution in [3.8, 4) is 5.75 Å². The quantitative estimate of drug-likeness (QED) is 0.486. The summed E-state index contributed by atoms with van der Waals surface area (Å²) in [5.41, 5.74) is -0.0676. The second-order valence-electron chi connectivity index (χ2n) is 9.35. The lowest BCUT2D eigenvalue weighted by Crippen LogP contribution is -2.60. The van der Waals surface area contributed by atoms with Crippen molar-refractivity contribution >= 4 is 26.9 Å². The highest BCUT2D eigenvalue weighted by molar-refractivity contribution is 7.89. The molecule has 2 atom stereocenters. The van der Waals surface area contributed by atoms with Gasteiger partial charge >= 0.3 is 5.97 Å². The number of hydrogen-bond donors (Lipinski definition) is 2. The molecule has 0 spiro atoms. The summed E-state index contributed by atoms with van der Waals surface area (Å²) in [4.78, 5) is 16.6. The van der Waals surface area contributed by atoms with Gasteiger partial charge in [0, 0.05) is 23.7 Å². The number of fused-ring (bicyclic) bond motifs is 1. The molecule has 186 valence electrons. The number of aliphatic hydroxyl groups is 1. The topological polar surface area (TPSA) is 117 Å². The van der Waals surface area contributed by atoms with Gasteiger partial charge in [-0.1, -0.05) is 24.6 Å². The number of para-hydroxylation sites is 1. The summed E-state index contributed by atoms with van der Waals surface area (Å²) < 4.78 is 33.9. The first kappa shape index (κ1) is 25.1. The number of aliphatic carboxylic acids is 1. The molecule has 1 fully saturated rings. The van der Waals surface area contributed by atoms with Crippen molar-refractivity contribution in [2.75, 3.05) is 13.7 Å². The zero-order valence-electron chi connectivity index (χ0n) is 20.1. The van der Waals surface area contributed by atoms with Gasteiger partial charge in [0.2, 0.25) is 10.0 Å². The van der Waals surface area contributed by atoms with Crippen LogP contribution in [-0.2, 0) is 21.4 Å². The van der Waals surface area contributed by atoms with Crippen LogP contribution in [0.15, 0.2) is 59.5 Å². The van der Waals surface area contributed by atoms with Crippen LogP contribution in [0.2, 0.25) is 0 Å². The lowest BCUT2D eigenvalue weighted by Gasteiger charge is -2.44. The minimum absolute atomic E-state index is 0.0305. The number of aromatic nitrogens is 1. The molecule has 0 amide bonds. The van der Waals surface area contributed by atoms with Crippen LogP contribution in [0, 0.1) is 12.3 Å². The number of sulfonamides is 1. The van der Waals surface area contributed by atoms with Crippen LogP contribution in [0.4, 0.5) is 0 Å². The van der Waals surface area contributed by atoms with Gasteiger partial charge in [-0.05, 0) is 63.1 Å². The molecule has 2 aromatic carbocycles. The molecule has 35 heavy (non-hydrogen) atoms. The van der Waals surface area contributed by atoms with Crippen LogP contribution in [0.1, 0.15) is 37.4 Å². The summed E-state index contributed by atoms with van der Waals surface area (Å²) in [5.74, 6) is -0.683. The molecule has 9 heteroatoms. The fraction of sp³-hybridized carbons (Fsp3) is 0.385. The Labute approximate surface area is 205 Å². The van der Waals surface area contributed by atoms with E-state index in [0.717, 1.165) is 26.5 Å². The third kappa shape index (κ3) is 4.17. The molecular formula is C26H30N2O6S. The Morgan fingerprint density at radius 3 is 2.49 bits per heavy atom. The fourth-order valence-electron chi connectivity index (χ4n) is 5.16. The van der Waals surface area contributed by atoms with E-state index in [-0.39, 0.29) is 11.3 Å². The van der Waals surface area contributed by atoms with E-state index in [1.165, 1.54) is 19.2 Å². The standard InChI is InChI=1S/C26H30N2O6S/c1-18-15-19(22-7-4-5-8-23(22)27-18)16-34-20-9-11-21(12-10-20)35(32,33)28(3)25(2)13-6-14-26(25,17-29)24(30)31/h4-5,7-12,15,29H,6,13-14,16-17H2,1-3H3,(H,30,31)/t25-,26+/m1/s1. The lowest BCUT2D eigenvalue weighted by molar-refractivity contribution is -0.158. The second-order valence-corrected chi connectivity index (χ2v) is 11.3. The number of carboxylic acids is 1. The number of aliphatic hydroxyl groups excluding tert-OH is 1. The molecular weight excluding hydrogens is 468 g/mol. The Hall–Kier alpha value is -3.01. The highest BCUT2D eigenvalue weighted by Gasteiger charge is 2.61. The Kier molecular flexibility index (Phi) is 6.61. The van der Waals surface area contributed by atoms with Gasteiger partial charge in [0.15, 0.2) is 0 Å². The van der Waals surface area contributed by atoms with E-state index >= 15 is 0 Å². The number of benzene rings is 2. The Morgan fingerprint density at radius 2 is 1.83 bits per heavy atom. The van der Waals surface area contributed by atoms with Gasteiger partial charge in [-0.2, -0.15) is 4.31 Å². The highest BCUT2D eigenvalue weighted by Crippen LogP contribution is 2.51. The van der Waals surface area contributed by atoms with Crippen molar-refractivity contribution in [3.05, 3.63) is 65.9 Å². The highest BCUT2D eigenvalue weighted by atomic mass is 32.2. The molecule has 1 aliphatic rings. The van der Waals surface area contributed by atoms with Crippen LogP contribution in [0.3, 0.4) is 0 Å². The molecule has 0 saturated heterocycles. The smallest absolute Gasteiger partial charge is 0.313 e. The summed E-state index contributed by atoms with van der Waals surface area (Å²) in [7, 11) is -2.63. The fourth-order valence-corrected chi connectivity index (χ4v) is 6.76. The third-order valence-electron chi connectivity index (χ3n) is 7.48. The molecule has 1 aromatic heterocycles. The molecule has 1 heterocycles. The van der Waals surface area contributed by atoms with Gasteiger partial charge in [0.1, 0.15) is 17.8 Å². The van der Waals surface area contributed by atoms with Crippen molar-refractivity contribution in [2.45, 2.75) is 50.2 Å². The van der Waals surface area contributed by atoms with Gasteiger partial charge in [-0.3, -0.25) is 9.78 Å². The number of nitrogens with zero attached hydrogens (tertiary/aromatic N) is 2. The Morgan fingerprint density at radius 1 is 1.14 bits per heavy atom. The van der Waals surface area contributed by atoms with Gasteiger partial charge in [-0.25, -0.2) is 8.42 Å². The number of aryl methyl sites for hydroxylation is 1. The number of pyridine rings is 1. The summed E-state index contributed by atoms with van der Waals surface area (Å²) in [6, 6.07) is 15.9. The predicted octanol–water partition coefficient (Wildman–Crippen LogP) is 3.75. The Balaban J connectivity index is 1.55. The van der Waals surface area contributed by atoms with E-state index in [1.54, 1.807) is 19.1 Å². The number of rotatable bonds is 8. The first-order chi connectivity index (χ1) is 16.5. The molecule has 0 unspecified atom stereocenters. The Bertz CT molecular complexity index is 1360. The molecule has 0 bridgehead atoms. The summed E-state index contributed by atoms with van der Waals surface area (Å²) >= 11 is 0. The van der Waals surface area contributed by atoms with Crippen LogP contribution in [0.25, 0.3) is 10.9 Å². The van der Waals surface area contributed by atoms with E-state index in [1.807, 2.05) is 37.3 Å². The van der Waals surface area contributed by atoms with E-state index in [4.69, 9.17) is 4.74 Å². The first-order valence-electron chi connectivity index (χ1n) is 11.5. The molecule has 0 radical (unpaired) electrons. The number of ether oxygens (including phenoxy) is 1. The van der Waals surface area contributed by atoms with Crippen molar-refractivity contribution in [1.29, 1.82) is 0 Å². The summed E-state index contributed by atoms with van der Waals surface area (Å²) in [6.45, 7) is 3.19. The minimum Gasteiger partial charge on any atom is -0.489 e. The number of carboxylic acid groups (broad SMARTS) is 1. The minimum atomic E-state index is -4.02. The number of hydrogen-bond acceptors (Lipinski definition) is 6. The van der Waals surface area contributed by atoms with Crippen molar-refractivity contribution in [2.24, 2.45) is 5.41 Å².